The molecule has 0 aliphatic rings. The van der Waals surface area contributed by atoms with Gasteiger partial charge >= 0.3 is 5.97 Å². The number of primary amides is 1. The molecule has 2 rings (SSSR count). The lowest BCUT2D eigenvalue weighted by Gasteiger charge is -2.06. The zero-order valence-corrected chi connectivity index (χ0v) is 9.83. The van der Waals surface area contributed by atoms with E-state index < -0.39 is 11.9 Å². The number of carboxylic acids is 1. The SMILES string of the molecule is NC(=O)c1ccc(Nc2cccc(C(=O)O)c2)nc1. The van der Waals surface area contributed by atoms with Gasteiger partial charge in [0.05, 0.1) is 11.1 Å². The fourth-order valence-corrected chi connectivity index (χ4v) is 1.49. The molecule has 4 N–H and O–H groups in total. The van der Waals surface area contributed by atoms with E-state index >= 15 is 0 Å². The van der Waals surface area contributed by atoms with Crippen molar-refractivity contribution >= 4 is 23.4 Å². The second-order valence-electron chi connectivity index (χ2n) is 3.81. The predicted octanol–water partition coefficient (Wildman–Crippen LogP) is 1.62. The highest BCUT2D eigenvalue weighted by Crippen LogP contribution is 2.16. The first kappa shape index (κ1) is 12.6. The molecule has 1 aromatic heterocycles. The fraction of sp³-hybridized carbons (Fsp3) is 0. The van der Waals surface area contributed by atoms with Crippen LogP contribution in [-0.2, 0) is 0 Å². The molecule has 2 aromatic rings. The van der Waals surface area contributed by atoms with Gasteiger partial charge in [-0.2, -0.15) is 0 Å². The zero-order valence-electron chi connectivity index (χ0n) is 9.83. The number of aromatic nitrogens is 1. The summed E-state index contributed by atoms with van der Waals surface area (Å²) in [6.45, 7) is 0. The lowest BCUT2D eigenvalue weighted by atomic mass is 10.2. The third-order valence-electron chi connectivity index (χ3n) is 2.43. The second kappa shape index (κ2) is 5.18. The molecule has 0 spiro atoms. The van der Waals surface area contributed by atoms with Gasteiger partial charge in [-0.3, -0.25) is 4.79 Å². The molecule has 96 valence electrons. The molecule has 0 saturated carbocycles. The van der Waals surface area contributed by atoms with Crippen LogP contribution in [0.4, 0.5) is 11.5 Å². The Labute approximate surface area is 108 Å². The quantitative estimate of drug-likeness (QED) is 0.771. The van der Waals surface area contributed by atoms with Gasteiger partial charge in [0.15, 0.2) is 0 Å². The largest absolute Gasteiger partial charge is 0.478 e. The van der Waals surface area contributed by atoms with Gasteiger partial charge in [-0.25, -0.2) is 9.78 Å². The molecule has 1 amide bonds. The Morgan fingerprint density at radius 1 is 1.16 bits per heavy atom. The number of carbonyl (C=O) groups is 2. The van der Waals surface area contributed by atoms with Crippen LogP contribution in [0.15, 0.2) is 42.6 Å². The van der Waals surface area contributed by atoms with Crippen LogP contribution >= 0.6 is 0 Å². The van der Waals surface area contributed by atoms with Crippen LogP contribution in [0.25, 0.3) is 0 Å². The molecule has 0 atom stereocenters. The summed E-state index contributed by atoms with van der Waals surface area (Å²) in [6, 6.07) is 9.47. The molecule has 0 aliphatic carbocycles. The number of nitrogens with two attached hydrogens (primary N) is 1. The minimum Gasteiger partial charge on any atom is -0.478 e. The van der Waals surface area contributed by atoms with Crippen LogP contribution in [0.5, 0.6) is 0 Å². The molecule has 1 heterocycles. The van der Waals surface area contributed by atoms with Gasteiger partial charge in [0.25, 0.3) is 0 Å². The van der Waals surface area contributed by atoms with Crippen molar-refractivity contribution < 1.29 is 14.7 Å². The summed E-state index contributed by atoms with van der Waals surface area (Å²) in [6.07, 6.45) is 1.35. The van der Waals surface area contributed by atoms with E-state index in [9.17, 15) is 9.59 Å². The number of aromatic carboxylic acids is 1. The fourth-order valence-electron chi connectivity index (χ4n) is 1.49. The van der Waals surface area contributed by atoms with E-state index in [0.29, 0.717) is 17.1 Å². The highest BCUT2D eigenvalue weighted by molar-refractivity contribution is 5.92. The van der Waals surface area contributed by atoms with E-state index in [1.807, 2.05) is 0 Å². The summed E-state index contributed by atoms with van der Waals surface area (Å²) in [5, 5.41) is 11.8. The summed E-state index contributed by atoms with van der Waals surface area (Å²) in [5.74, 6) is -1.06. The first-order valence-electron chi connectivity index (χ1n) is 5.42. The Balaban J connectivity index is 2.19. The van der Waals surface area contributed by atoms with Crippen LogP contribution in [0.2, 0.25) is 0 Å². The minimum atomic E-state index is -0.999. The molecule has 0 aliphatic heterocycles. The topological polar surface area (TPSA) is 105 Å². The highest BCUT2D eigenvalue weighted by atomic mass is 16.4. The van der Waals surface area contributed by atoms with Crippen molar-refractivity contribution in [1.29, 1.82) is 0 Å². The molecular weight excluding hydrogens is 246 g/mol. The highest BCUT2D eigenvalue weighted by Gasteiger charge is 2.04. The van der Waals surface area contributed by atoms with E-state index in [-0.39, 0.29) is 5.56 Å². The normalized spacial score (nSPS) is 9.89. The van der Waals surface area contributed by atoms with E-state index in [1.54, 1.807) is 24.3 Å². The Hall–Kier alpha value is -2.89. The molecule has 6 nitrogen and oxygen atoms in total. The second-order valence-corrected chi connectivity index (χ2v) is 3.81. The summed E-state index contributed by atoms with van der Waals surface area (Å²) in [4.78, 5) is 25.7. The van der Waals surface area contributed by atoms with Crippen LogP contribution in [-0.4, -0.2) is 22.0 Å². The maximum atomic E-state index is 10.9. The molecule has 0 radical (unpaired) electrons. The lowest BCUT2D eigenvalue weighted by Crippen LogP contribution is -2.11. The van der Waals surface area contributed by atoms with Crippen molar-refractivity contribution in [2.45, 2.75) is 0 Å². The number of carboxylic acid groups (broad SMARTS) is 1. The van der Waals surface area contributed by atoms with Crippen LogP contribution < -0.4 is 11.1 Å². The van der Waals surface area contributed by atoms with Crippen LogP contribution in [0.3, 0.4) is 0 Å². The van der Waals surface area contributed by atoms with Crippen molar-refractivity contribution in [1.82, 2.24) is 4.98 Å². The maximum absolute atomic E-state index is 10.9. The number of nitrogens with one attached hydrogen (secondary N) is 1. The smallest absolute Gasteiger partial charge is 0.335 e. The molecule has 6 heteroatoms. The number of rotatable bonds is 4. The zero-order chi connectivity index (χ0) is 13.8. The first-order valence-corrected chi connectivity index (χ1v) is 5.42. The average molecular weight is 257 g/mol. The number of hydrogen-bond acceptors (Lipinski definition) is 4. The van der Waals surface area contributed by atoms with Crippen molar-refractivity contribution in [3.63, 3.8) is 0 Å². The predicted molar refractivity (Wildman–Crippen MR) is 69.4 cm³/mol. The number of pyridine rings is 1. The Morgan fingerprint density at radius 3 is 2.53 bits per heavy atom. The van der Waals surface area contributed by atoms with Crippen LogP contribution in [0.1, 0.15) is 20.7 Å². The first-order chi connectivity index (χ1) is 9.06. The number of carbonyl (C=O) groups excluding carboxylic acids is 1. The molecule has 0 bridgehead atoms. The summed E-state index contributed by atoms with van der Waals surface area (Å²) < 4.78 is 0. The summed E-state index contributed by atoms with van der Waals surface area (Å²) in [5.41, 5.74) is 6.19. The van der Waals surface area contributed by atoms with Gasteiger partial charge in [0, 0.05) is 11.9 Å². The average Bonchev–Trinajstić information content (AvgIpc) is 2.39. The van der Waals surface area contributed by atoms with Gasteiger partial charge in [-0.1, -0.05) is 6.07 Å². The molecule has 0 saturated heterocycles. The van der Waals surface area contributed by atoms with Crippen LogP contribution in [0, 0.1) is 0 Å². The summed E-state index contributed by atoms with van der Waals surface area (Å²) >= 11 is 0. The van der Waals surface area contributed by atoms with Gasteiger partial charge in [0.1, 0.15) is 5.82 Å². The lowest BCUT2D eigenvalue weighted by molar-refractivity contribution is 0.0696. The Bertz CT molecular complexity index is 623. The number of anilines is 2. The van der Waals surface area contributed by atoms with E-state index in [1.165, 1.54) is 18.3 Å². The third-order valence-corrected chi connectivity index (χ3v) is 2.43. The van der Waals surface area contributed by atoms with Gasteiger partial charge in [-0.15, -0.1) is 0 Å². The number of amides is 1. The summed E-state index contributed by atoms with van der Waals surface area (Å²) in [7, 11) is 0. The molecule has 19 heavy (non-hydrogen) atoms. The van der Waals surface area contributed by atoms with Crippen molar-refractivity contribution in [2.24, 2.45) is 5.73 Å². The molecule has 1 aromatic carbocycles. The van der Waals surface area contributed by atoms with Gasteiger partial charge in [-0.05, 0) is 30.3 Å². The molecule has 0 unspecified atom stereocenters. The number of nitrogens with zero attached hydrogens (tertiary/aromatic N) is 1. The van der Waals surface area contributed by atoms with E-state index in [0.717, 1.165) is 0 Å². The maximum Gasteiger partial charge on any atom is 0.335 e. The van der Waals surface area contributed by atoms with E-state index in [2.05, 4.69) is 10.3 Å². The van der Waals surface area contributed by atoms with Crippen molar-refractivity contribution in [3.05, 3.63) is 53.7 Å². The van der Waals surface area contributed by atoms with E-state index in [4.69, 9.17) is 10.8 Å². The molecule has 0 fully saturated rings. The monoisotopic (exact) mass is 257 g/mol. The van der Waals surface area contributed by atoms with Crippen molar-refractivity contribution in [3.8, 4) is 0 Å². The third kappa shape index (κ3) is 3.06. The van der Waals surface area contributed by atoms with Gasteiger partial charge in [0.2, 0.25) is 5.91 Å². The van der Waals surface area contributed by atoms with Gasteiger partial charge < -0.3 is 16.2 Å². The Kier molecular flexibility index (Phi) is 3.42. The minimum absolute atomic E-state index is 0.179. The number of benzene rings is 1. The number of hydrogen-bond donors (Lipinski definition) is 3. The molecular formula is C13H11N3O3. The Morgan fingerprint density at radius 2 is 1.95 bits per heavy atom. The standard InChI is InChI=1S/C13H11N3O3/c14-12(17)9-4-5-11(15-7-9)16-10-3-1-2-8(6-10)13(18)19/h1-7H,(H2,14,17)(H,15,16)(H,18,19). The van der Waals surface area contributed by atoms with Crippen molar-refractivity contribution in [2.75, 3.05) is 5.32 Å².